The van der Waals surface area contributed by atoms with E-state index < -0.39 is 6.04 Å². The van der Waals surface area contributed by atoms with Gasteiger partial charge in [0.1, 0.15) is 17.7 Å². The summed E-state index contributed by atoms with van der Waals surface area (Å²) in [4.78, 5) is 32.5. The molecule has 1 aromatic carbocycles. The monoisotopic (exact) mass is 521 g/mol. The predicted octanol–water partition coefficient (Wildman–Crippen LogP) is 4.69. The summed E-state index contributed by atoms with van der Waals surface area (Å²) < 4.78 is 0.652. The van der Waals surface area contributed by atoms with Crippen LogP contribution in [0.15, 0.2) is 59.5 Å². The normalized spacial score (nSPS) is 11.7. The number of hydrogen-bond acceptors (Lipinski definition) is 7. The number of anilines is 1. The number of benzene rings is 1. The van der Waals surface area contributed by atoms with E-state index in [-0.39, 0.29) is 23.0 Å². The average Bonchev–Trinajstić information content (AvgIpc) is 2.83. The second-order valence-corrected chi connectivity index (χ2v) is 8.51. The Bertz CT molecular complexity index is 1390. The molecule has 2 N–H and O–H groups in total. The van der Waals surface area contributed by atoms with Gasteiger partial charge in [0.15, 0.2) is 0 Å². The molecular formula is C23H17BrClN7O. The van der Waals surface area contributed by atoms with E-state index in [1.54, 1.807) is 47.6 Å². The summed E-state index contributed by atoms with van der Waals surface area (Å²) in [5.41, 5.74) is 7.81. The number of rotatable bonds is 5. The maximum absolute atomic E-state index is 13.7. The van der Waals surface area contributed by atoms with Gasteiger partial charge in [0, 0.05) is 29.5 Å². The third-order valence-electron chi connectivity index (χ3n) is 5.09. The van der Waals surface area contributed by atoms with Crippen molar-refractivity contribution in [3.63, 3.8) is 0 Å². The molecule has 0 radical (unpaired) electrons. The van der Waals surface area contributed by atoms with E-state index in [4.69, 9.17) is 22.6 Å². The summed E-state index contributed by atoms with van der Waals surface area (Å²) >= 11 is 9.57. The summed E-state index contributed by atoms with van der Waals surface area (Å²) in [6, 6.07) is 11.9. The third-order valence-corrected chi connectivity index (χ3v) is 6.04. The van der Waals surface area contributed by atoms with Gasteiger partial charge in [-0.05, 0) is 59.3 Å². The number of nitrogen functional groups attached to an aromatic ring is 1. The summed E-state index contributed by atoms with van der Waals surface area (Å²) in [5, 5.41) is 10.2. The Morgan fingerprint density at radius 2 is 2.00 bits per heavy atom. The summed E-state index contributed by atoms with van der Waals surface area (Å²) in [6.07, 6.45) is 4.65. The molecule has 0 aliphatic carbocycles. The molecule has 0 bridgehead atoms. The van der Waals surface area contributed by atoms with Crippen LogP contribution >= 0.6 is 27.5 Å². The quantitative estimate of drug-likeness (QED) is 0.403. The van der Waals surface area contributed by atoms with Crippen molar-refractivity contribution in [2.24, 2.45) is 0 Å². The van der Waals surface area contributed by atoms with Crippen LogP contribution in [0.25, 0.3) is 10.9 Å². The van der Waals surface area contributed by atoms with Gasteiger partial charge in [-0.3, -0.25) is 9.78 Å². The van der Waals surface area contributed by atoms with E-state index >= 15 is 0 Å². The fourth-order valence-electron chi connectivity index (χ4n) is 3.33. The van der Waals surface area contributed by atoms with Gasteiger partial charge in [0.25, 0.3) is 5.91 Å². The largest absolute Gasteiger partial charge is 0.383 e. The second kappa shape index (κ2) is 9.48. The van der Waals surface area contributed by atoms with E-state index in [0.717, 1.165) is 5.39 Å². The molecular weight excluding hydrogens is 506 g/mol. The Morgan fingerprint density at radius 1 is 1.24 bits per heavy atom. The van der Waals surface area contributed by atoms with Crippen LogP contribution in [0.2, 0.25) is 5.02 Å². The predicted molar refractivity (Wildman–Crippen MR) is 128 cm³/mol. The van der Waals surface area contributed by atoms with Gasteiger partial charge >= 0.3 is 0 Å². The van der Waals surface area contributed by atoms with Gasteiger partial charge in [-0.1, -0.05) is 11.6 Å². The molecule has 0 aliphatic heterocycles. The number of nitrogens with two attached hydrogens (primary N) is 1. The number of hydrogen-bond donors (Lipinski definition) is 1. The zero-order chi connectivity index (χ0) is 23.5. The molecule has 0 spiro atoms. The third kappa shape index (κ3) is 4.77. The SMILES string of the molecule is CC(c1ncccn1)N(Cc1cc(Cl)c(C#N)cn1)C(=O)c1ccc2nc(N)c(Br)cc2c1. The fourth-order valence-corrected chi connectivity index (χ4v) is 3.88. The number of fused-ring (bicyclic) bond motifs is 1. The van der Waals surface area contributed by atoms with Crippen molar-refractivity contribution in [1.29, 1.82) is 5.26 Å². The molecule has 33 heavy (non-hydrogen) atoms. The Kier molecular flexibility index (Phi) is 6.49. The van der Waals surface area contributed by atoms with Crippen molar-refractivity contribution < 1.29 is 4.79 Å². The maximum atomic E-state index is 13.7. The lowest BCUT2D eigenvalue weighted by molar-refractivity contribution is 0.0663. The minimum absolute atomic E-state index is 0.144. The lowest BCUT2D eigenvalue weighted by Crippen LogP contribution is -2.34. The number of carbonyl (C=O) groups excluding carboxylic acids is 1. The van der Waals surface area contributed by atoms with E-state index in [0.29, 0.717) is 32.9 Å². The first-order chi connectivity index (χ1) is 15.9. The van der Waals surface area contributed by atoms with Crippen molar-refractivity contribution in [3.8, 4) is 6.07 Å². The van der Waals surface area contributed by atoms with Crippen LogP contribution < -0.4 is 5.73 Å². The zero-order valence-electron chi connectivity index (χ0n) is 17.4. The first kappa shape index (κ1) is 22.6. The first-order valence-corrected chi connectivity index (χ1v) is 11.0. The lowest BCUT2D eigenvalue weighted by Gasteiger charge is -2.28. The summed E-state index contributed by atoms with van der Waals surface area (Å²) in [6.45, 7) is 1.99. The van der Waals surface area contributed by atoms with Crippen molar-refractivity contribution in [2.75, 3.05) is 5.73 Å². The molecule has 0 saturated heterocycles. The minimum atomic E-state index is -0.457. The minimum Gasteiger partial charge on any atom is -0.383 e. The number of nitrogens with zero attached hydrogens (tertiary/aromatic N) is 6. The molecule has 1 amide bonds. The number of nitriles is 1. The van der Waals surface area contributed by atoms with Crippen LogP contribution in [-0.2, 0) is 6.54 Å². The van der Waals surface area contributed by atoms with Crippen molar-refractivity contribution in [1.82, 2.24) is 24.8 Å². The number of carbonyl (C=O) groups is 1. The molecule has 4 aromatic rings. The van der Waals surface area contributed by atoms with E-state index in [1.165, 1.54) is 6.20 Å². The van der Waals surface area contributed by atoms with Crippen LogP contribution in [0.4, 0.5) is 5.82 Å². The molecule has 0 aliphatic rings. The van der Waals surface area contributed by atoms with Crippen LogP contribution in [0.5, 0.6) is 0 Å². The lowest BCUT2D eigenvalue weighted by atomic mass is 10.1. The first-order valence-electron chi connectivity index (χ1n) is 9.85. The highest BCUT2D eigenvalue weighted by Crippen LogP contribution is 2.27. The molecule has 1 unspecified atom stereocenters. The van der Waals surface area contributed by atoms with Crippen molar-refractivity contribution in [2.45, 2.75) is 19.5 Å². The number of halogens is 2. The topological polar surface area (TPSA) is 122 Å². The maximum Gasteiger partial charge on any atom is 0.254 e. The van der Waals surface area contributed by atoms with Crippen LogP contribution in [-0.4, -0.2) is 30.7 Å². The number of aromatic nitrogens is 4. The summed E-state index contributed by atoms with van der Waals surface area (Å²) in [5.74, 6) is 0.623. The molecule has 0 saturated carbocycles. The van der Waals surface area contributed by atoms with Crippen LogP contribution in [0, 0.1) is 11.3 Å². The van der Waals surface area contributed by atoms with E-state index in [1.807, 2.05) is 19.1 Å². The number of amides is 1. The molecule has 4 rings (SSSR count). The molecule has 1 atom stereocenters. The van der Waals surface area contributed by atoms with Gasteiger partial charge < -0.3 is 10.6 Å². The van der Waals surface area contributed by atoms with Gasteiger partial charge in [0.2, 0.25) is 0 Å². The Balaban J connectivity index is 1.74. The average molecular weight is 523 g/mol. The smallest absolute Gasteiger partial charge is 0.254 e. The molecule has 3 heterocycles. The van der Waals surface area contributed by atoms with Gasteiger partial charge in [-0.15, -0.1) is 0 Å². The van der Waals surface area contributed by atoms with E-state index in [9.17, 15) is 4.79 Å². The van der Waals surface area contributed by atoms with Crippen molar-refractivity contribution in [3.05, 3.63) is 87.1 Å². The molecule has 164 valence electrons. The van der Waals surface area contributed by atoms with Gasteiger partial charge in [-0.2, -0.15) is 5.26 Å². The highest BCUT2D eigenvalue weighted by Gasteiger charge is 2.26. The highest BCUT2D eigenvalue weighted by atomic mass is 79.9. The Labute approximate surface area is 203 Å². The Hall–Kier alpha value is -3.61. The molecule has 3 aromatic heterocycles. The Morgan fingerprint density at radius 3 is 2.70 bits per heavy atom. The van der Waals surface area contributed by atoms with Crippen molar-refractivity contribution >= 4 is 50.2 Å². The van der Waals surface area contributed by atoms with E-state index in [2.05, 4.69) is 35.9 Å². The van der Waals surface area contributed by atoms with Gasteiger partial charge in [-0.25, -0.2) is 15.0 Å². The van der Waals surface area contributed by atoms with Gasteiger partial charge in [0.05, 0.1) is 38.9 Å². The van der Waals surface area contributed by atoms with Crippen LogP contribution in [0.3, 0.4) is 0 Å². The molecule has 10 heteroatoms. The molecule has 8 nitrogen and oxygen atoms in total. The zero-order valence-corrected chi connectivity index (χ0v) is 19.7. The number of pyridine rings is 2. The standard InChI is InChI=1S/C23H17BrClN7O/c1-13(22-28-5-2-6-29-22)32(12-17-9-19(25)16(10-26)11-30-17)23(33)14-3-4-20-15(7-14)8-18(24)21(27)31-20/h2-9,11,13H,12H2,1H3,(H2,27,31). The highest BCUT2D eigenvalue weighted by molar-refractivity contribution is 9.10. The summed E-state index contributed by atoms with van der Waals surface area (Å²) in [7, 11) is 0. The fraction of sp³-hybridized carbons (Fsp3) is 0.130. The second-order valence-electron chi connectivity index (χ2n) is 7.25. The molecule has 0 fully saturated rings. The van der Waals surface area contributed by atoms with Crippen LogP contribution in [0.1, 0.15) is 40.4 Å².